The molecule has 0 spiro atoms. The summed E-state index contributed by atoms with van der Waals surface area (Å²) in [5, 5.41) is 9.72. The van der Waals surface area contributed by atoms with Crippen molar-refractivity contribution in [1.82, 2.24) is 0 Å². The van der Waals surface area contributed by atoms with Gasteiger partial charge in [0.15, 0.2) is 17.5 Å². The number of hydrogen-bond acceptors (Lipinski definition) is 2. The van der Waals surface area contributed by atoms with Crippen molar-refractivity contribution in [3.63, 3.8) is 0 Å². The standard InChI is InChI=1S/C14H10F3NO.2ClH.Ti/c1-8-3-2-4-9(14(8)19)7-18-11-6-5-10(15)12(16)13(11)17;;;/h2-7,19H,1H3;2*1H;/q;;;+2/p-2. The van der Waals surface area contributed by atoms with Gasteiger partial charge in [-0.25, -0.2) is 13.2 Å². The molecule has 0 fully saturated rings. The van der Waals surface area contributed by atoms with E-state index in [4.69, 9.17) is 18.6 Å². The van der Waals surface area contributed by atoms with E-state index in [1.165, 1.54) is 6.21 Å². The molecule has 1 N–H and O–H groups in total. The van der Waals surface area contributed by atoms with Crippen LogP contribution in [0.1, 0.15) is 11.1 Å². The van der Waals surface area contributed by atoms with Gasteiger partial charge in [-0.1, -0.05) is 12.1 Å². The van der Waals surface area contributed by atoms with Gasteiger partial charge in [0, 0.05) is 11.8 Å². The molecule has 0 atom stereocenters. The van der Waals surface area contributed by atoms with Crippen molar-refractivity contribution >= 4 is 30.5 Å². The van der Waals surface area contributed by atoms with E-state index in [0.717, 1.165) is 12.1 Å². The summed E-state index contributed by atoms with van der Waals surface area (Å²) in [5.41, 5.74) is 0.665. The van der Waals surface area contributed by atoms with Crippen molar-refractivity contribution < 1.29 is 35.3 Å². The van der Waals surface area contributed by atoms with Crippen LogP contribution in [-0.2, 0) is 17.0 Å². The molecule has 2 nitrogen and oxygen atoms in total. The normalized spacial score (nSPS) is 10.3. The number of aliphatic imine (C=N–C) groups is 1. The number of halogens is 5. The molecule has 2 aromatic rings. The average molecular weight is 384 g/mol. The van der Waals surface area contributed by atoms with Crippen LogP contribution in [-0.4, -0.2) is 11.3 Å². The average Bonchev–Trinajstić information content (AvgIpc) is 2.49. The first kappa shape index (κ1) is 19.0. The fraction of sp³-hybridized carbons (Fsp3) is 0.0714. The summed E-state index contributed by atoms with van der Waals surface area (Å²) >= 11 is -0.556. The fourth-order valence-corrected chi connectivity index (χ4v) is 1.54. The van der Waals surface area contributed by atoms with E-state index in [0.29, 0.717) is 11.1 Å². The van der Waals surface area contributed by atoms with E-state index in [9.17, 15) is 18.3 Å². The van der Waals surface area contributed by atoms with Gasteiger partial charge in [-0.05, 0) is 30.7 Å². The Morgan fingerprint density at radius 3 is 2.36 bits per heavy atom. The number of aryl methyl sites for hydroxylation is 1. The van der Waals surface area contributed by atoms with E-state index in [2.05, 4.69) is 4.99 Å². The Morgan fingerprint density at radius 1 is 1.09 bits per heavy atom. The Labute approximate surface area is 142 Å². The summed E-state index contributed by atoms with van der Waals surface area (Å²) in [6.45, 7) is 1.70. The first-order valence-electron chi connectivity index (χ1n) is 5.84. The monoisotopic (exact) mass is 383 g/mol. The van der Waals surface area contributed by atoms with Crippen LogP contribution >= 0.6 is 18.6 Å². The second-order valence-electron chi connectivity index (χ2n) is 4.04. The molecule has 22 heavy (non-hydrogen) atoms. The van der Waals surface area contributed by atoms with Crippen molar-refractivity contribution in [3.05, 3.63) is 58.9 Å². The number of benzene rings is 2. The quantitative estimate of drug-likeness (QED) is 0.429. The number of hydrogen-bond donors (Lipinski definition) is 1. The minimum absolute atomic E-state index is 0.00856. The van der Waals surface area contributed by atoms with Crippen molar-refractivity contribution in [2.45, 2.75) is 6.92 Å². The molecule has 0 aliphatic carbocycles. The molecular formula is C14H10Cl2F3NOTi. The summed E-state index contributed by atoms with van der Waals surface area (Å²) < 4.78 is 39.1. The summed E-state index contributed by atoms with van der Waals surface area (Å²) in [5.74, 6) is -4.18. The number of phenolic OH excluding ortho intramolecular Hbond substituents is 1. The second-order valence-corrected chi connectivity index (χ2v) is 6.62. The molecule has 0 saturated heterocycles. The Hall–Kier alpha value is -1.01. The van der Waals surface area contributed by atoms with Gasteiger partial charge < -0.3 is 5.11 Å². The number of nitrogens with zero attached hydrogens (tertiary/aromatic N) is 1. The Bertz CT molecular complexity index is 683. The van der Waals surface area contributed by atoms with Gasteiger partial charge in [0.25, 0.3) is 0 Å². The van der Waals surface area contributed by atoms with Crippen molar-refractivity contribution in [3.8, 4) is 5.75 Å². The van der Waals surface area contributed by atoms with Gasteiger partial charge in [0.05, 0.1) is 0 Å². The molecular weight excluding hydrogens is 374 g/mol. The molecule has 0 saturated carbocycles. The van der Waals surface area contributed by atoms with Crippen LogP contribution in [0.5, 0.6) is 5.75 Å². The molecule has 116 valence electrons. The van der Waals surface area contributed by atoms with Gasteiger partial charge in [-0.2, -0.15) is 0 Å². The summed E-state index contributed by atoms with van der Waals surface area (Å²) in [7, 11) is 9.78. The maximum atomic E-state index is 13.4. The fourth-order valence-electron chi connectivity index (χ4n) is 1.54. The zero-order valence-electron chi connectivity index (χ0n) is 11.2. The first-order chi connectivity index (χ1) is 10.4. The minimum atomic E-state index is -1.57. The molecule has 2 aromatic carbocycles. The molecule has 0 aliphatic heterocycles. The third-order valence-corrected chi connectivity index (χ3v) is 2.63. The first-order valence-corrected chi connectivity index (χ1v) is 10.1. The number of para-hydroxylation sites is 1. The van der Waals surface area contributed by atoms with Crippen molar-refractivity contribution in [2.75, 3.05) is 0 Å². The zero-order chi connectivity index (χ0) is 16.7. The Kier molecular flexibility index (Phi) is 7.97. The number of rotatable bonds is 2. The van der Waals surface area contributed by atoms with E-state index in [-0.39, 0.29) is 11.4 Å². The molecule has 0 radical (unpaired) electrons. The maximum absolute atomic E-state index is 13.4. The predicted molar refractivity (Wildman–Crippen MR) is 78.1 cm³/mol. The van der Waals surface area contributed by atoms with Gasteiger partial charge in [0.2, 0.25) is 0 Å². The van der Waals surface area contributed by atoms with Crippen LogP contribution in [0.2, 0.25) is 0 Å². The number of aromatic hydroxyl groups is 1. The van der Waals surface area contributed by atoms with Crippen LogP contribution in [0, 0.1) is 24.4 Å². The van der Waals surface area contributed by atoms with E-state index < -0.39 is 34.5 Å². The van der Waals surface area contributed by atoms with Crippen molar-refractivity contribution in [2.24, 2.45) is 4.99 Å². The molecule has 8 heteroatoms. The van der Waals surface area contributed by atoms with Gasteiger partial charge in [0.1, 0.15) is 11.4 Å². The molecule has 0 heterocycles. The predicted octanol–water partition coefficient (Wildman–Crippen LogP) is 5.25. The van der Waals surface area contributed by atoms with Crippen LogP contribution in [0.3, 0.4) is 0 Å². The van der Waals surface area contributed by atoms with Gasteiger partial charge in [-0.15, -0.1) is 0 Å². The molecule has 2 rings (SSSR count). The molecule has 0 amide bonds. The van der Waals surface area contributed by atoms with E-state index in [1.807, 2.05) is 0 Å². The Morgan fingerprint density at radius 2 is 1.73 bits per heavy atom. The van der Waals surface area contributed by atoms with Crippen LogP contribution in [0.4, 0.5) is 18.9 Å². The number of phenols is 1. The molecule has 0 aliphatic rings. The van der Waals surface area contributed by atoms with Crippen LogP contribution in [0.15, 0.2) is 35.3 Å². The summed E-state index contributed by atoms with van der Waals surface area (Å²) in [6, 6.07) is 6.78. The van der Waals surface area contributed by atoms with E-state index >= 15 is 0 Å². The third kappa shape index (κ3) is 5.02. The molecule has 0 aromatic heterocycles. The second kappa shape index (κ2) is 9.20. The molecule has 0 bridgehead atoms. The summed E-state index contributed by atoms with van der Waals surface area (Å²) in [4.78, 5) is 3.71. The third-order valence-electron chi connectivity index (χ3n) is 2.63. The SMILES string of the molecule is Cc1cccc(C=Nc2ccc(F)c(F)c2F)c1O.[Cl][Ti][Cl]. The Balaban J connectivity index is 0.000000745. The molecule has 0 unspecified atom stereocenters. The van der Waals surface area contributed by atoms with Crippen LogP contribution < -0.4 is 0 Å². The van der Waals surface area contributed by atoms with Gasteiger partial charge >= 0.3 is 35.6 Å². The van der Waals surface area contributed by atoms with Gasteiger partial charge in [-0.3, -0.25) is 4.99 Å². The van der Waals surface area contributed by atoms with Crippen LogP contribution in [0.25, 0.3) is 0 Å². The zero-order valence-corrected chi connectivity index (χ0v) is 14.3. The van der Waals surface area contributed by atoms with Crippen molar-refractivity contribution in [1.29, 1.82) is 0 Å². The van der Waals surface area contributed by atoms with E-state index in [1.54, 1.807) is 25.1 Å². The summed E-state index contributed by atoms with van der Waals surface area (Å²) in [6.07, 6.45) is 1.19. The topological polar surface area (TPSA) is 32.6 Å².